The summed E-state index contributed by atoms with van der Waals surface area (Å²) >= 11 is 12.3. The number of aliphatic hydroxyl groups is 1. The Kier molecular flexibility index (Phi) is 6.17. The lowest BCUT2D eigenvalue weighted by molar-refractivity contribution is -0.132. The molecule has 4 rings (SSSR count). The van der Waals surface area contributed by atoms with Crippen molar-refractivity contribution in [1.29, 1.82) is 0 Å². The van der Waals surface area contributed by atoms with Gasteiger partial charge in [0.2, 0.25) is 0 Å². The third kappa shape index (κ3) is 3.95. The second-order valence-corrected chi connectivity index (χ2v) is 7.84. The highest BCUT2D eigenvalue weighted by Gasteiger charge is 2.47. The molecule has 3 aromatic rings. The number of Topliss-reactive ketones (excluding diaryl/α,β-unsaturated/α-hetero) is 1. The zero-order chi connectivity index (χ0) is 22.8. The summed E-state index contributed by atoms with van der Waals surface area (Å²) in [4.78, 5) is 31.6. The van der Waals surface area contributed by atoms with Crippen molar-refractivity contribution in [3.8, 4) is 5.75 Å². The van der Waals surface area contributed by atoms with E-state index < -0.39 is 17.7 Å². The number of amides is 1. The van der Waals surface area contributed by atoms with Crippen LogP contribution in [0.3, 0.4) is 0 Å². The molecular formula is C24H18Cl2N2O4. The quantitative estimate of drug-likeness (QED) is 0.307. The summed E-state index contributed by atoms with van der Waals surface area (Å²) in [5.74, 6) is -1.50. The van der Waals surface area contributed by atoms with Crippen LogP contribution >= 0.6 is 23.2 Å². The standard InChI is InChI=1S/C24H18Cl2N2O4/c1-2-32-17-7-8-19(26)18(13-17)22(29)20-21(14-9-11-27-12-10-14)28(24(31)23(20)30)16-5-3-15(25)4-6-16/h3-13,21,29H,2H2,1H3/b22-20+. The lowest BCUT2D eigenvalue weighted by Crippen LogP contribution is -2.29. The van der Waals surface area contributed by atoms with E-state index in [1.54, 1.807) is 67.0 Å². The summed E-state index contributed by atoms with van der Waals surface area (Å²) < 4.78 is 5.50. The molecule has 1 aromatic heterocycles. The highest BCUT2D eigenvalue weighted by molar-refractivity contribution is 6.52. The van der Waals surface area contributed by atoms with Crippen LogP contribution in [0.15, 0.2) is 72.6 Å². The maximum absolute atomic E-state index is 13.2. The average Bonchev–Trinajstić information content (AvgIpc) is 3.06. The van der Waals surface area contributed by atoms with E-state index in [0.29, 0.717) is 28.6 Å². The van der Waals surface area contributed by atoms with Gasteiger partial charge in [0.15, 0.2) is 0 Å². The summed E-state index contributed by atoms with van der Waals surface area (Å²) in [7, 11) is 0. The summed E-state index contributed by atoms with van der Waals surface area (Å²) in [5.41, 5.74) is 1.19. The van der Waals surface area contributed by atoms with Gasteiger partial charge in [-0.2, -0.15) is 0 Å². The van der Waals surface area contributed by atoms with Gasteiger partial charge in [0.05, 0.1) is 23.2 Å². The zero-order valence-corrected chi connectivity index (χ0v) is 18.5. The van der Waals surface area contributed by atoms with Crippen LogP contribution in [0.25, 0.3) is 5.76 Å². The van der Waals surface area contributed by atoms with Gasteiger partial charge in [-0.05, 0) is 67.1 Å². The van der Waals surface area contributed by atoms with Crippen LogP contribution in [0, 0.1) is 0 Å². The maximum Gasteiger partial charge on any atom is 0.300 e. The highest BCUT2D eigenvalue weighted by Crippen LogP contribution is 2.43. The smallest absolute Gasteiger partial charge is 0.300 e. The fourth-order valence-corrected chi connectivity index (χ4v) is 3.98. The number of ether oxygens (including phenoxy) is 1. The fourth-order valence-electron chi connectivity index (χ4n) is 3.65. The molecule has 2 heterocycles. The Morgan fingerprint density at radius 2 is 1.75 bits per heavy atom. The fraction of sp³-hybridized carbons (Fsp3) is 0.125. The van der Waals surface area contributed by atoms with E-state index in [1.807, 2.05) is 6.92 Å². The number of ketones is 1. The van der Waals surface area contributed by atoms with E-state index in [-0.39, 0.29) is 21.9 Å². The Balaban J connectivity index is 1.94. The maximum atomic E-state index is 13.2. The second-order valence-electron chi connectivity index (χ2n) is 7.00. The van der Waals surface area contributed by atoms with Crippen LogP contribution < -0.4 is 9.64 Å². The van der Waals surface area contributed by atoms with Gasteiger partial charge in [-0.1, -0.05) is 23.2 Å². The molecule has 1 unspecified atom stereocenters. The lowest BCUT2D eigenvalue weighted by atomic mass is 9.95. The van der Waals surface area contributed by atoms with Crippen LogP contribution in [-0.2, 0) is 9.59 Å². The first-order chi connectivity index (χ1) is 15.4. The molecule has 1 aliphatic heterocycles. The molecule has 1 amide bonds. The number of halogens is 2. The molecule has 162 valence electrons. The van der Waals surface area contributed by atoms with Crippen LogP contribution in [0.4, 0.5) is 5.69 Å². The first kappa shape index (κ1) is 21.9. The van der Waals surface area contributed by atoms with Crippen molar-refractivity contribution in [1.82, 2.24) is 4.98 Å². The number of aliphatic hydroxyl groups excluding tert-OH is 1. The number of hydrogen-bond donors (Lipinski definition) is 1. The van der Waals surface area contributed by atoms with Crippen molar-refractivity contribution < 1.29 is 19.4 Å². The summed E-state index contributed by atoms with van der Waals surface area (Å²) in [6.45, 7) is 2.25. The monoisotopic (exact) mass is 468 g/mol. The number of pyridine rings is 1. The zero-order valence-electron chi connectivity index (χ0n) is 17.0. The molecule has 0 spiro atoms. The molecule has 0 aliphatic carbocycles. The molecule has 32 heavy (non-hydrogen) atoms. The summed E-state index contributed by atoms with van der Waals surface area (Å²) in [6.07, 6.45) is 3.11. The molecule has 2 aromatic carbocycles. The Morgan fingerprint density at radius 3 is 2.41 bits per heavy atom. The Morgan fingerprint density at radius 1 is 1.06 bits per heavy atom. The van der Waals surface area contributed by atoms with Crippen molar-refractivity contribution in [2.75, 3.05) is 11.5 Å². The Labute approximate surface area is 194 Å². The molecular weight excluding hydrogens is 451 g/mol. The van der Waals surface area contributed by atoms with Crippen molar-refractivity contribution in [2.45, 2.75) is 13.0 Å². The minimum absolute atomic E-state index is 0.0771. The molecule has 0 bridgehead atoms. The van der Waals surface area contributed by atoms with Crippen molar-refractivity contribution in [2.24, 2.45) is 0 Å². The third-order valence-electron chi connectivity index (χ3n) is 5.08. The van der Waals surface area contributed by atoms with E-state index in [9.17, 15) is 14.7 Å². The number of benzene rings is 2. The van der Waals surface area contributed by atoms with Crippen LogP contribution in [0.5, 0.6) is 5.75 Å². The van der Waals surface area contributed by atoms with E-state index in [0.717, 1.165) is 0 Å². The van der Waals surface area contributed by atoms with E-state index in [2.05, 4.69) is 4.98 Å². The Hall–Kier alpha value is -3.35. The van der Waals surface area contributed by atoms with Gasteiger partial charge in [0.25, 0.3) is 11.7 Å². The van der Waals surface area contributed by atoms with E-state index in [4.69, 9.17) is 27.9 Å². The van der Waals surface area contributed by atoms with Gasteiger partial charge >= 0.3 is 0 Å². The van der Waals surface area contributed by atoms with Gasteiger partial charge in [0.1, 0.15) is 11.5 Å². The summed E-state index contributed by atoms with van der Waals surface area (Å²) in [5, 5.41) is 11.9. The molecule has 1 aliphatic rings. The number of nitrogens with zero attached hydrogens (tertiary/aromatic N) is 2. The molecule has 1 atom stereocenters. The number of anilines is 1. The lowest BCUT2D eigenvalue weighted by Gasteiger charge is -2.25. The largest absolute Gasteiger partial charge is 0.507 e. The molecule has 1 N–H and O–H groups in total. The minimum atomic E-state index is -0.883. The normalized spacial score (nSPS) is 17.6. The molecule has 0 radical (unpaired) electrons. The van der Waals surface area contributed by atoms with Crippen molar-refractivity contribution in [3.63, 3.8) is 0 Å². The minimum Gasteiger partial charge on any atom is -0.507 e. The van der Waals surface area contributed by atoms with Gasteiger partial charge < -0.3 is 9.84 Å². The molecule has 1 fully saturated rings. The SMILES string of the molecule is CCOc1ccc(Cl)c(/C(O)=C2\C(=O)C(=O)N(c3ccc(Cl)cc3)C2c2ccncc2)c1. The molecule has 0 saturated carbocycles. The number of aromatic nitrogens is 1. The van der Waals surface area contributed by atoms with Crippen LogP contribution in [0.1, 0.15) is 24.1 Å². The first-order valence-electron chi connectivity index (χ1n) is 9.81. The van der Waals surface area contributed by atoms with Gasteiger partial charge in [-0.15, -0.1) is 0 Å². The predicted octanol–water partition coefficient (Wildman–Crippen LogP) is 5.41. The number of carbonyl (C=O) groups excluding carboxylic acids is 2. The van der Waals surface area contributed by atoms with E-state index in [1.165, 1.54) is 4.90 Å². The number of rotatable bonds is 5. The number of hydrogen-bond acceptors (Lipinski definition) is 5. The summed E-state index contributed by atoms with van der Waals surface area (Å²) in [6, 6.07) is 13.8. The third-order valence-corrected chi connectivity index (χ3v) is 5.66. The van der Waals surface area contributed by atoms with Gasteiger partial charge in [-0.3, -0.25) is 19.5 Å². The highest BCUT2D eigenvalue weighted by atomic mass is 35.5. The van der Waals surface area contributed by atoms with Crippen molar-refractivity contribution >= 4 is 46.3 Å². The Bertz CT molecular complexity index is 1210. The predicted molar refractivity (Wildman–Crippen MR) is 123 cm³/mol. The number of carbonyl (C=O) groups is 2. The molecule has 1 saturated heterocycles. The first-order valence-corrected chi connectivity index (χ1v) is 10.6. The molecule has 6 nitrogen and oxygen atoms in total. The van der Waals surface area contributed by atoms with Gasteiger partial charge in [-0.25, -0.2) is 0 Å². The second kappa shape index (κ2) is 9.02. The van der Waals surface area contributed by atoms with Crippen molar-refractivity contribution in [3.05, 3.63) is 93.7 Å². The van der Waals surface area contributed by atoms with Crippen LogP contribution in [0.2, 0.25) is 10.0 Å². The van der Waals surface area contributed by atoms with Gasteiger partial charge in [0, 0.05) is 28.7 Å². The van der Waals surface area contributed by atoms with Crippen LogP contribution in [-0.4, -0.2) is 28.4 Å². The topological polar surface area (TPSA) is 79.7 Å². The van der Waals surface area contributed by atoms with E-state index >= 15 is 0 Å². The molecule has 8 heteroatoms. The average molecular weight is 469 g/mol.